The first-order chi connectivity index (χ1) is 10.8. The Morgan fingerprint density at radius 3 is 2.12 bits per heavy atom. The van der Waals surface area contributed by atoms with Crippen LogP contribution in [0.3, 0.4) is 0 Å². The third-order valence-electron chi connectivity index (χ3n) is 3.67. The monoisotopic (exact) mass is 342 g/mol. The van der Waals surface area contributed by atoms with Crippen LogP contribution in [0.15, 0.2) is 11.8 Å². The van der Waals surface area contributed by atoms with Gasteiger partial charge in [-0.1, -0.05) is 40.7 Å². The Balaban J connectivity index is 5.02. The number of likely N-dealkylation sites (N-methyl/N-ethyl adjacent to an activating group) is 1. The third-order valence-corrected chi connectivity index (χ3v) is 3.67. The first-order valence-electron chi connectivity index (χ1n) is 8.76. The lowest BCUT2D eigenvalue weighted by Crippen LogP contribution is -2.51. The zero-order valence-corrected chi connectivity index (χ0v) is 17.1. The number of allylic oxidation sites excluding steroid dienone is 1. The minimum absolute atomic E-state index is 0.00742. The molecule has 0 aliphatic heterocycles. The number of nitrogens with zero attached hydrogens (tertiary/aromatic N) is 1. The van der Waals surface area contributed by atoms with E-state index in [4.69, 9.17) is 4.74 Å². The van der Waals surface area contributed by atoms with Gasteiger partial charge in [-0.25, -0.2) is 4.79 Å². The normalized spacial score (nSPS) is 14.5. The van der Waals surface area contributed by atoms with E-state index in [1.165, 1.54) is 0 Å². The SMILES string of the molecule is CC(C)C/C=C(/CO)N(C)CC(NC(=O)OC(C)(C)C)C(C)(C)C. The van der Waals surface area contributed by atoms with Gasteiger partial charge in [-0.2, -0.15) is 0 Å². The Bertz CT molecular complexity index is 417. The standard InChI is InChI=1S/C19H38N2O3/c1-14(2)10-11-15(13-22)21(9)12-16(18(3,4)5)20-17(23)24-19(6,7)8/h11,14,16,22H,10,12-13H2,1-9H3,(H,20,23)/b15-11-. The first kappa shape index (κ1) is 22.8. The molecule has 0 radical (unpaired) electrons. The van der Waals surface area contributed by atoms with E-state index >= 15 is 0 Å². The summed E-state index contributed by atoms with van der Waals surface area (Å²) >= 11 is 0. The molecule has 0 rings (SSSR count). The molecule has 0 fully saturated rings. The number of alkyl carbamates (subject to hydrolysis) is 1. The van der Waals surface area contributed by atoms with Crippen LogP contribution in [0.5, 0.6) is 0 Å². The van der Waals surface area contributed by atoms with Gasteiger partial charge in [0.1, 0.15) is 5.60 Å². The van der Waals surface area contributed by atoms with E-state index in [0.717, 1.165) is 12.1 Å². The molecular weight excluding hydrogens is 304 g/mol. The Morgan fingerprint density at radius 1 is 1.21 bits per heavy atom. The van der Waals surface area contributed by atoms with E-state index < -0.39 is 11.7 Å². The van der Waals surface area contributed by atoms with E-state index in [1.807, 2.05) is 32.7 Å². The molecule has 0 aromatic heterocycles. The molecule has 5 heteroatoms. The molecule has 5 nitrogen and oxygen atoms in total. The van der Waals surface area contributed by atoms with Crippen molar-refractivity contribution in [2.45, 2.75) is 73.5 Å². The van der Waals surface area contributed by atoms with Gasteiger partial charge in [0.2, 0.25) is 0 Å². The minimum atomic E-state index is -0.522. The number of nitrogens with one attached hydrogen (secondary N) is 1. The lowest BCUT2D eigenvalue weighted by Gasteiger charge is -2.36. The summed E-state index contributed by atoms with van der Waals surface area (Å²) in [4.78, 5) is 14.1. The molecule has 0 heterocycles. The smallest absolute Gasteiger partial charge is 0.407 e. The highest BCUT2D eigenvalue weighted by Crippen LogP contribution is 2.22. The molecule has 0 aliphatic rings. The molecule has 0 spiro atoms. The fourth-order valence-corrected chi connectivity index (χ4v) is 2.09. The maximum Gasteiger partial charge on any atom is 0.407 e. The summed E-state index contributed by atoms with van der Waals surface area (Å²) in [5.41, 5.74) is 0.222. The van der Waals surface area contributed by atoms with Crippen LogP contribution in [-0.2, 0) is 4.74 Å². The van der Waals surface area contributed by atoms with E-state index in [2.05, 4.69) is 46.0 Å². The fourth-order valence-electron chi connectivity index (χ4n) is 2.09. The topological polar surface area (TPSA) is 61.8 Å². The summed E-state index contributed by atoms with van der Waals surface area (Å²) < 4.78 is 5.38. The summed E-state index contributed by atoms with van der Waals surface area (Å²) in [6.07, 6.45) is 2.57. The molecular formula is C19H38N2O3. The van der Waals surface area contributed by atoms with Gasteiger partial charge >= 0.3 is 6.09 Å². The average Bonchev–Trinajstić information content (AvgIpc) is 2.34. The van der Waals surface area contributed by atoms with Gasteiger partial charge in [0.25, 0.3) is 0 Å². The Morgan fingerprint density at radius 2 is 1.75 bits per heavy atom. The van der Waals surface area contributed by atoms with Gasteiger partial charge in [-0.05, 0) is 38.5 Å². The number of aliphatic hydroxyl groups excluding tert-OH is 1. The van der Waals surface area contributed by atoms with E-state index in [1.54, 1.807) is 0 Å². The van der Waals surface area contributed by atoms with Gasteiger partial charge in [0.05, 0.1) is 12.6 Å². The van der Waals surface area contributed by atoms with Gasteiger partial charge in [-0.15, -0.1) is 0 Å². The summed E-state index contributed by atoms with van der Waals surface area (Å²) in [6.45, 7) is 16.7. The molecule has 0 aliphatic carbocycles. The Hall–Kier alpha value is -1.23. The summed E-state index contributed by atoms with van der Waals surface area (Å²) in [5.74, 6) is 0.540. The van der Waals surface area contributed by atoms with E-state index in [0.29, 0.717) is 12.5 Å². The quantitative estimate of drug-likeness (QED) is 0.739. The zero-order chi connectivity index (χ0) is 19.1. The molecule has 1 atom stereocenters. The molecule has 0 bridgehead atoms. The van der Waals surface area contributed by atoms with Crippen molar-refractivity contribution in [3.05, 3.63) is 11.8 Å². The number of aliphatic hydroxyl groups is 1. The number of rotatable bonds is 7. The maximum atomic E-state index is 12.1. The fraction of sp³-hybridized carbons (Fsp3) is 0.842. The van der Waals surface area contributed by atoms with Crippen molar-refractivity contribution in [3.8, 4) is 0 Å². The predicted octanol–water partition coefficient (Wildman–Crippen LogP) is 3.78. The second-order valence-electron chi connectivity index (χ2n) is 8.93. The van der Waals surface area contributed by atoms with Crippen LogP contribution in [0.4, 0.5) is 4.79 Å². The highest BCUT2D eigenvalue weighted by atomic mass is 16.6. The predicted molar refractivity (Wildman–Crippen MR) is 99.9 cm³/mol. The second kappa shape index (κ2) is 9.30. The van der Waals surface area contributed by atoms with Crippen LogP contribution in [0.2, 0.25) is 0 Å². The number of hydrogen-bond acceptors (Lipinski definition) is 4. The molecule has 1 unspecified atom stereocenters. The van der Waals surface area contributed by atoms with Crippen molar-refractivity contribution in [1.82, 2.24) is 10.2 Å². The number of ether oxygens (including phenoxy) is 1. The number of carbonyl (C=O) groups excluding carboxylic acids is 1. The Labute approximate surface area is 148 Å². The van der Waals surface area contributed by atoms with Crippen LogP contribution in [0, 0.1) is 11.3 Å². The van der Waals surface area contributed by atoms with Crippen LogP contribution in [0.25, 0.3) is 0 Å². The van der Waals surface area contributed by atoms with Crippen molar-refractivity contribution in [2.75, 3.05) is 20.2 Å². The van der Waals surface area contributed by atoms with Crippen LogP contribution < -0.4 is 5.32 Å². The zero-order valence-electron chi connectivity index (χ0n) is 17.1. The van der Waals surface area contributed by atoms with Gasteiger partial charge in [0.15, 0.2) is 0 Å². The molecule has 142 valence electrons. The number of carbonyl (C=O) groups is 1. The highest BCUT2D eigenvalue weighted by molar-refractivity contribution is 5.68. The summed E-state index contributed by atoms with van der Waals surface area (Å²) in [7, 11) is 1.94. The van der Waals surface area contributed by atoms with Gasteiger partial charge in [0, 0.05) is 19.3 Å². The van der Waals surface area contributed by atoms with Crippen LogP contribution >= 0.6 is 0 Å². The Kier molecular flexibility index (Phi) is 8.83. The molecule has 0 saturated carbocycles. The van der Waals surface area contributed by atoms with Crippen molar-refractivity contribution >= 4 is 6.09 Å². The molecule has 24 heavy (non-hydrogen) atoms. The lowest BCUT2D eigenvalue weighted by molar-refractivity contribution is 0.0448. The molecule has 2 N–H and O–H groups in total. The molecule has 0 aromatic carbocycles. The second-order valence-corrected chi connectivity index (χ2v) is 8.93. The van der Waals surface area contributed by atoms with Crippen molar-refractivity contribution in [3.63, 3.8) is 0 Å². The van der Waals surface area contributed by atoms with Crippen LogP contribution in [-0.4, -0.2) is 47.9 Å². The largest absolute Gasteiger partial charge is 0.444 e. The average molecular weight is 343 g/mol. The van der Waals surface area contributed by atoms with Gasteiger partial charge < -0.3 is 20.1 Å². The van der Waals surface area contributed by atoms with Crippen LogP contribution in [0.1, 0.15) is 61.8 Å². The maximum absolute atomic E-state index is 12.1. The first-order valence-corrected chi connectivity index (χ1v) is 8.76. The molecule has 1 amide bonds. The highest BCUT2D eigenvalue weighted by Gasteiger charge is 2.29. The third kappa shape index (κ3) is 9.81. The van der Waals surface area contributed by atoms with Crippen molar-refractivity contribution < 1.29 is 14.6 Å². The minimum Gasteiger partial charge on any atom is -0.444 e. The molecule has 0 saturated heterocycles. The number of hydrogen-bond donors (Lipinski definition) is 2. The van der Waals surface area contributed by atoms with Gasteiger partial charge in [-0.3, -0.25) is 0 Å². The summed E-state index contributed by atoms with van der Waals surface area (Å²) in [6, 6.07) is -0.105. The lowest BCUT2D eigenvalue weighted by atomic mass is 9.86. The van der Waals surface area contributed by atoms with E-state index in [-0.39, 0.29) is 18.1 Å². The van der Waals surface area contributed by atoms with Crippen molar-refractivity contribution in [1.29, 1.82) is 0 Å². The van der Waals surface area contributed by atoms with Crippen molar-refractivity contribution in [2.24, 2.45) is 11.3 Å². The number of amides is 1. The molecule has 0 aromatic rings. The van der Waals surface area contributed by atoms with E-state index in [9.17, 15) is 9.90 Å². The summed E-state index contributed by atoms with van der Waals surface area (Å²) in [5, 5.41) is 12.6.